The fourth-order valence-electron chi connectivity index (χ4n) is 4.46. The first kappa shape index (κ1) is 19.7. The third-order valence-corrected chi connectivity index (χ3v) is 5.97. The van der Waals surface area contributed by atoms with E-state index in [0.29, 0.717) is 17.9 Å². The third kappa shape index (κ3) is 3.90. The SMILES string of the molecule is O=C(N[C@H]1CCC[C@H]1O)Oc1cnn2ccc(N3CCC[C@@H]3c3cncc(F)c3)nc12. The van der Waals surface area contributed by atoms with Crippen molar-refractivity contribution in [2.24, 2.45) is 0 Å². The van der Waals surface area contributed by atoms with Crippen molar-refractivity contribution >= 4 is 17.6 Å². The summed E-state index contributed by atoms with van der Waals surface area (Å²) in [5.74, 6) is 0.559. The summed E-state index contributed by atoms with van der Waals surface area (Å²) in [6, 6.07) is 3.01. The van der Waals surface area contributed by atoms with E-state index in [2.05, 4.69) is 25.3 Å². The molecule has 1 saturated carbocycles. The summed E-state index contributed by atoms with van der Waals surface area (Å²) in [5.41, 5.74) is 1.21. The molecule has 1 saturated heterocycles. The maximum absolute atomic E-state index is 13.7. The zero-order valence-corrected chi connectivity index (χ0v) is 16.8. The molecule has 3 atom stereocenters. The zero-order valence-electron chi connectivity index (χ0n) is 16.8. The molecular weight excluding hydrogens is 403 g/mol. The standard InChI is InChI=1S/C21H23FN6O3/c22-14-9-13(10-23-11-14)16-4-2-7-27(16)19-6-8-28-20(26-19)18(12-24-28)31-21(30)25-15-3-1-5-17(15)29/h6,8-12,15-17,29H,1-5,7H2,(H,25,30)/t15-,16+,17+/m0/s1. The van der Waals surface area contributed by atoms with Crippen molar-refractivity contribution in [2.75, 3.05) is 11.4 Å². The summed E-state index contributed by atoms with van der Waals surface area (Å²) in [6.07, 6.45) is 8.95. The van der Waals surface area contributed by atoms with Crippen molar-refractivity contribution in [3.63, 3.8) is 0 Å². The molecule has 0 unspecified atom stereocenters. The van der Waals surface area contributed by atoms with Gasteiger partial charge in [0.05, 0.1) is 30.6 Å². The van der Waals surface area contributed by atoms with Gasteiger partial charge < -0.3 is 20.1 Å². The third-order valence-electron chi connectivity index (χ3n) is 5.97. The van der Waals surface area contributed by atoms with E-state index in [1.165, 1.54) is 23.0 Å². The number of carbonyl (C=O) groups excluding carboxylic acids is 1. The highest BCUT2D eigenvalue weighted by atomic mass is 19.1. The first-order valence-corrected chi connectivity index (χ1v) is 10.5. The van der Waals surface area contributed by atoms with Gasteiger partial charge in [-0.25, -0.2) is 18.7 Å². The van der Waals surface area contributed by atoms with Crippen LogP contribution in [0.5, 0.6) is 5.75 Å². The molecule has 5 rings (SSSR count). The molecular formula is C21H23FN6O3. The fourth-order valence-corrected chi connectivity index (χ4v) is 4.46. The van der Waals surface area contributed by atoms with Crippen molar-refractivity contribution in [1.29, 1.82) is 0 Å². The summed E-state index contributed by atoms with van der Waals surface area (Å²) in [6.45, 7) is 0.773. The van der Waals surface area contributed by atoms with Crippen LogP contribution in [0.3, 0.4) is 0 Å². The number of nitrogens with one attached hydrogen (secondary N) is 1. The van der Waals surface area contributed by atoms with Crippen molar-refractivity contribution < 1.29 is 19.0 Å². The molecule has 0 aromatic carbocycles. The number of ether oxygens (including phenoxy) is 1. The van der Waals surface area contributed by atoms with Crippen LogP contribution in [0.4, 0.5) is 15.0 Å². The van der Waals surface area contributed by atoms with Gasteiger partial charge >= 0.3 is 6.09 Å². The summed E-state index contributed by atoms with van der Waals surface area (Å²) in [5, 5.41) is 16.8. The van der Waals surface area contributed by atoms with Gasteiger partial charge in [-0.15, -0.1) is 0 Å². The highest BCUT2D eigenvalue weighted by Gasteiger charge is 2.29. The van der Waals surface area contributed by atoms with E-state index in [9.17, 15) is 14.3 Å². The van der Waals surface area contributed by atoms with E-state index in [-0.39, 0.29) is 23.7 Å². The van der Waals surface area contributed by atoms with Crippen LogP contribution in [0.15, 0.2) is 36.9 Å². The number of nitrogens with zero attached hydrogens (tertiary/aromatic N) is 5. The number of amides is 1. The lowest BCUT2D eigenvalue weighted by atomic mass is 10.1. The first-order valence-electron chi connectivity index (χ1n) is 10.5. The Morgan fingerprint density at radius 1 is 1.23 bits per heavy atom. The van der Waals surface area contributed by atoms with Crippen LogP contribution in [-0.4, -0.2) is 49.5 Å². The minimum atomic E-state index is -0.641. The van der Waals surface area contributed by atoms with Crippen LogP contribution in [-0.2, 0) is 0 Å². The van der Waals surface area contributed by atoms with Crippen LogP contribution >= 0.6 is 0 Å². The van der Waals surface area contributed by atoms with Crippen LogP contribution in [0.25, 0.3) is 5.65 Å². The number of fused-ring (bicyclic) bond motifs is 1. The van der Waals surface area contributed by atoms with Gasteiger partial charge in [-0.05, 0) is 49.8 Å². The normalized spacial score (nSPS) is 23.4. The molecule has 1 amide bonds. The minimum Gasteiger partial charge on any atom is -0.405 e. The average Bonchev–Trinajstić information content (AvgIpc) is 3.49. The van der Waals surface area contributed by atoms with E-state index in [1.807, 2.05) is 6.07 Å². The summed E-state index contributed by atoms with van der Waals surface area (Å²) in [4.78, 5) is 23.1. The quantitative estimate of drug-likeness (QED) is 0.661. The van der Waals surface area contributed by atoms with Crippen molar-refractivity contribution in [3.05, 3.63) is 48.3 Å². The smallest absolute Gasteiger partial charge is 0.405 e. The maximum atomic E-state index is 13.7. The molecule has 0 bridgehead atoms. The van der Waals surface area contributed by atoms with Gasteiger partial charge in [0.2, 0.25) is 5.65 Å². The number of aliphatic hydroxyl groups excluding tert-OH is 1. The Kier molecular flexibility index (Phi) is 5.14. The van der Waals surface area contributed by atoms with Gasteiger partial charge in [0, 0.05) is 18.9 Å². The molecule has 10 heteroatoms. The number of carbonyl (C=O) groups is 1. The van der Waals surface area contributed by atoms with E-state index in [0.717, 1.165) is 37.8 Å². The van der Waals surface area contributed by atoms with E-state index in [1.54, 1.807) is 12.4 Å². The number of rotatable bonds is 4. The molecule has 0 radical (unpaired) electrons. The van der Waals surface area contributed by atoms with Crippen LogP contribution in [0.1, 0.15) is 43.7 Å². The second-order valence-electron chi connectivity index (χ2n) is 7.99. The Bertz CT molecular complexity index is 1110. The number of hydrogen-bond donors (Lipinski definition) is 2. The van der Waals surface area contributed by atoms with Crippen molar-refractivity contribution in [1.82, 2.24) is 24.9 Å². The summed E-state index contributed by atoms with van der Waals surface area (Å²) < 4.78 is 20.7. The second-order valence-corrected chi connectivity index (χ2v) is 7.99. The second kappa shape index (κ2) is 8.10. The predicted octanol–water partition coefficient (Wildman–Crippen LogP) is 2.61. The molecule has 4 heterocycles. The topological polar surface area (TPSA) is 105 Å². The molecule has 0 spiro atoms. The summed E-state index contributed by atoms with van der Waals surface area (Å²) in [7, 11) is 0. The molecule has 31 heavy (non-hydrogen) atoms. The molecule has 2 aliphatic rings. The van der Waals surface area contributed by atoms with Crippen molar-refractivity contribution in [3.8, 4) is 5.75 Å². The van der Waals surface area contributed by atoms with E-state index < -0.39 is 12.2 Å². The zero-order chi connectivity index (χ0) is 21.4. The number of aliphatic hydroxyl groups is 1. The van der Waals surface area contributed by atoms with Gasteiger partial charge in [-0.2, -0.15) is 5.10 Å². The Morgan fingerprint density at radius 2 is 2.13 bits per heavy atom. The number of pyridine rings is 1. The fraction of sp³-hybridized carbons (Fsp3) is 0.429. The molecule has 162 valence electrons. The van der Waals surface area contributed by atoms with Crippen LogP contribution < -0.4 is 15.0 Å². The lowest BCUT2D eigenvalue weighted by Crippen LogP contribution is -2.41. The maximum Gasteiger partial charge on any atom is 0.413 e. The lowest BCUT2D eigenvalue weighted by Gasteiger charge is -2.26. The molecule has 3 aromatic heterocycles. The van der Waals surface area contributed by atoms with Crippen LogP contribution in [0, 0.1) is 5.82 Å². The van der Waals surface area contributed by atoms with Gasteiger partial charge in [-0.1, -0.05) is 0 Å². The van der Waals surface area contributed by atoms with Gasteiger partial charge in [0.1, 0.15) is 11.6 Å². The summed E-state index contributed by atoms with van der Waals surface area (Å²) >= 11 is 0. The van der Waals surface area contributed by atoms with Gasteiger partial charge in [-0.3, -0.25) is 4.98 Å². The minimum absolute atomic E-state index is 0.0300. The average molecular weight is 426 g/mol. The number of aromatic nitrogens is 4. The monoisotopic (exact) mass is 426 g/mol. The molecule has 9 nitrogen and oxygen atoms in total. The molecule has 2 N–H and O–H groups in total. The Morgan fingerprint density at radius 3 is 2.94 bits per heavy atom. The molecule has 1 aliphatic heterocycles. The molecule has 1 aliphatic carbocycles. The largest absolute Gasteiger partial charge is 0.413 e. The lowest BCUT2D eigenvalue weighted by molar-refractivity contribution is 0.140. The van der Waals surface area contributed by atoms with Crippen molar-refractivity contribution in [2.45, 2.75) is 50.3 Å². The number of halogens is 1. The number of anilines is 1. The molecule has 2 fully saturated rings. The number of hydrogen-bond acceptors (Lipinski definition) is 7. The van der Waals surface area contributed by atoms with Gasteiger partial charge in [0.25, 0.3) is 0 Å². The Hall–Kier alpha value is -3.27. The van der Waals surface area contributed by atoms with Gasteiger partial charge in [0.15, 0.2) is 5.75 Å². The first-order chi connectivity index (χ1) is 15.1. The van der Waals surface area contributed by atoms with E-state index >= 15 is 0 Å². The Labute approximate surface area is 177 Å². The van der Waals surface area contributed by atoms with E-state index in [4.69, 9.17) is 4.74 Å². The highest BCUT2D eigenvalue weighted by Crippen LogP contribution is 2.35. The molecule has 3 aromatic rings. The highest BCUT2D eigenvalue weighted by molar-refractivity contribution is 5.73. The predicted molar refractivity (Wildman–Crippen MR) is 109 cm³/mol. The van der Waals surface area contributed by atoms with Crippen LogP contribution in [0.2, 0.25) is 0 Å². The Balaban J connectivity index is 1.38.